The highest BCUT2D eigenvalue weighted by Gasteiger charge is 2.17. The molecule has 0 bridgehead atoms. The van der Waals surface area contributed by atoms with Crippen LogP contribution in [0.1, 0.15) is 51.0 Å². The fourth-order valence-corrected chi connectivity index (χ4v) is 2.91. The Hall–Kier alpha value is -2.70. The first kappa shape index (κ1) is 19.6. The molecule has 0 aromatic heterocycles. The number of hydrogen-bond donors (Lipinski definition) is 3. The van der Waals surface area contributed by atoms with Gasteiger partial charge in [0.15, 0.2) is 0 Å². The summed E-state index contributed by atoms with van der Waals surface area (Å²) in [5.74, 6) is -1.80. The van der Waals surface area contributed by atoms with Gasteiger partial charge >= 0.3 is 11.8 Å². The number of benzene rings is 1. The number of nitrogens with zero attached hydrogens (tertiary/aromatic N) is 1. The summed E-state index contributed by atoms with van der Waals surface area (Å²) < 4.78 is 0. The van der Waals surface area contributed by atoms with Gasteiger partial charge in [-0.1, -0.05) is 31.4 Å². The number of hydrogen-bond acceptors (Lipinski definition) is 4. The molecule has 0 unspecified atom stereocenters. The van der Waals surface area contributed by atoms with Gasteiger partial charge in [0.2, 0.25) is 5.91 Å². The van der Waals surface area contributed by atoms with Crippen LogP contribution in [-0.4, -0.2) is 29.5 Å². The predicted octanol–water partition coefficient (Wildman–Crippen LogP) is 2.26. The van der Waals surface area contributed by atoms with Crippen LogP contribution in [0.3, 0.4) is 0 Å². The van der Waals surface area contributed by atoms with Crippen LogP contribution in [0, 0.1) is 6.92 Å². The second-order valence-electron chi connectivity index (χ2n) is 6.69. The van der Waals surface area contributed by atoms with Crippen molar-refractivity contribution in [3.63, 3.8) is 0 Å². The normalized spacial score (nSPS) is 15.2. The van der Waals surface area contributed by atoms with Crippen LogP contribution in [0.5, 0.6) is 0 Å². The lowest BCUT2D eigenvalue weighted by Crippen LogP contribution is -2.37. The summed E-state index contributed by atoms with van der Waals surface area (Å²) in [5, 5.41) is 9.32. The van der Waals surface area contributed by atoms with E-state index in [1.807, 2.05) is 13.0 Å². The van der Waals surface area contributed by atoms with Gasteiger partial charge in [-0.25, -0.2) is 5.43 Å². The number of amides is 3. The molecule has 140 valence electrons. The van der Waals surface area contributed by atoms with E-state index in [1.54, 1.807) is 25.1 Å². The van der Waals surface area contributed by atoms with E-state index in [4.69, 9.17) is 0 Å². The van der Waals surface area contributed by atoms with Crippen LogP contribution in [0.25, 0.3) is 0 Å². The van der Waals surface area contributed by atoms with Crippen molar-refractivity contribution in [1.29, 1.82) is 0 Å². The number of anilines is 1. The zero-order valence-electron chi connectivity index (χ0n) is 15.3. The lowest BCUT2D eigenvalue weighted by atomic mass is 9.95. The molecule has 1 fully saturated rings. The molecule has 1 saturated carbocycles. The minimum Gasteiger partial charge on any atom is -0.353 e. The Bertz CT molecular complexity index is 694. The third-order valence-electron chi connectivity index (χ3n) is 4.22. The SMILES string of the molecule is C/C(CC(=O)NC1CCCCC1)=N\NC(=O)C(=O)Nc1cccc(C)c1. The Labute approximate surface area is 153 Å². The van der Waals surface area contributed by atoms with Crippen LogP contribution < -0.4 is 16.1 Å². The number of carbonyl (C=O) groups excluding carboxylic acids is 3. The Morgan fingerprint density at radius 1 is 1.12 bits per heavy atom. The molecule has 3 N–H and O–H groups in total. The molecule has 1 aliphatic rings. The van der Waals surface area contributed by atoms with Gasteiger partial charge in [0, 0.05) is 17.4 Å². The Morgan fingerprint density at radius 3 is 2.54 bits per heavy atom. The van der Waals surface area contributed by atoms with Crippen molar-refractivity contribution in [2.75, 3.05) is 5.32 Å². The van der Waals surface area contributed by atoms with Crippen molar-refractivity contribution in [2.45, 2.75) is 58.4 Å². The lowest BCUT2D eigenvalue weighted by molar-refractivity contribution is -0.136. The topological polar surface area (TPSA) is 99.7 Å². The van der Waals surface area contributed by atoms with Crippen LogP contribution in [0.2, 0.25) is 0 Å². The van der Waals surface area contributed by atoms with E-state index >= 15 is 0 Å². The zero-order valence-corrected chi connectivity index (χ0v) is 15.3. The Balaban J connectivity index is 1.76. The number of hydrazone groups is 1. The molecular formula is C19H26N4O3. The highest BCUT2D eigenvalue weighted by molar-refractivity contribution is 6.39. The number of aryl methyl sites for hydroxylation is 1. The summed E-state index contributed by atoms with van der Waals surface area (Å²) in [4.78, 5) is 35.6. The highest BCUT2D eigenvalue weighted by atomic mass is 16.2. The molecule has 0 atom stereocenters. The van der Waals surface area contributed by atoms with Gasteiger partial charge < -0.3 is 10.6 Å². The first-order valence-corrected chi connectivity index (χ1v) is 8.94. The van der Waals surface area contributed by atoms with Crippen molar-refractivity contribution in [3.05, 3.63) is 29.8 Å². The molecule has 26 heavy (non-hydrogen) atoms. The minimum atomic E-state index is -0.876. The molecule has 0 radical (unpaired) electrons. The third kappa shape index (κ3) is 6.66. The summed E-state index contributed by atoms with van der Waals surface area (Å²) in [6, 6.07) is 7.37. The lowest BCUT2D eigenvalue weighted by Gasteiger charge is -2.22. The van der Waals surface area contributed by atoms with Crippen molar-refractivity contribution >= 4 is 29.1 Å². The van der Waals surface area contributed by atoms with Crippen LogP contribution in [-0.2, 0) is 14.4 Å². The Morgan fingerprint density at radius 2 is 1.85 bits per heavy atom. The summed E-state index contributed by atoms with van der Waals surface area (Å²) >= 11 is 0. The average Bonchev–Trinajstić information content (AvgIpc) is 2.60. The van der Waals surface area contributed by atoms with Crippen LogP contribution in [0.4, 0.5) is 5.69 Å². The van der Waals surface area contributed by atoms with Crippen molar-refractivity contribution in [1.82, 2.24) is 10.7 Å². The van der Waals surface area contributed by atoms with E-state index in [-0.39, 0.29) is 18.4 Å². The molecule has 1 aromatic carbocycles. The number of nitrogens with one attached hydrogen (secondary N) is 3. The average molecular weight is 358 g/mol. The maximum Gasteiger partial charge on any atom is 0.329 e. The Kier molecular flexibility index (Phi) is 7.32. The van der Waals surface area contributed by atoms with Gasteiger partial charge in [-0.2, -0.15) is 5.10 Å². The van der Waals surface area contributed by atoms with E-state index in [1.165, 1.54) is 6.42 Å². The van der Waals surface area contributed by atoms with Crippen molar-refractivity contribution in [3.8, 4) is 0 Å². The van der Waals surface area contributed by atoms with Gasteiger partial charge in [-0.05, 0) is 44.4 Å². The molecule has 0 heterocycles. The van der Waals surface area contributed by atoms with Crippen molar-refractivity contribution in [2.24, 2.45) is 5.10 Å². The second kappa shape index (κ2) is 9.70. The second-order valence-corrected chi connectivity index (χ2v) is 6.69. The minimum absolute atomic E-state index is 0.0935. The molecule has 0 aliphatic heterocycles. The standard InChI is InChI=1S/C19H26N4O3/c1-13-7-6-10-16(11-13)21-18(25)19(26)23-22-14(2)12-17(24)20-15-8-4-3-5-9-15/h6-7,10-11,15H,3-5,8-9,12H2,1-2H3,(H,20,24)(H,21,25)(H,23,26)/b22-14+. The summed E-state index contributed by atoms with van der Waals surface area (Å²) in [6.45, 7) is 3.53. The van der Waals surface area contributed by atoms with Crippen LogP contribution in [0.15, 0.2) is 29.4 Å². The molecule has 1 aliphatic carbocycles. The maximum absolute atomic E-state index is 12.0. The quantitative estimate of drug-likeness (QED) is 0.428. The maximum atomic E-state index is 12.0. The van der Waals surface area contributed by atoms with Gasteiger partial charge in [-0.15, -0.1) is 0 Å². The summed E-state index contributed by atoms with van der Waals surface area (Å²) in [6.07, 6.45) is 5.63. The fraction of sp³-hybridized carbons (Fsp3) is 0.474. The molecule has 2 rings (SSSR count). The van der Waals surface area contributed by atoms with E-state index in [2.05, 4.69) is 21.2 Å². The molecule has 7 heteroatoms. The third-order valence-corrected chi connectivity index (χ3v) is 4.22. The van der Waals surface area contributed by atoms with E-state index in [0.29, 0.717) is 11.4 Å². The molecule has 3 amide bonds. The summed E-state index contributed by atoms with van der Waals surface area (Å²) in [5.41, 5.74) is 4.14. The van der Waals surface area contributed by atoms with E-state index in [0.717, 1.165) is 31.2 Å². The van der Waals surface area contributed by atoms with E-state index in [9.17, 15) is 14.4 Å². The van der Waals surface area contributed by atoms with Crippen molar-refractivity contribution < 1.29 is 14.4 Å². The molecule has 7 nitrogen and oxygen atoms in total. The number of rotatable bonds is 5. The van der Waals surface area contributed by atoms with Gasteiger partial charge in [0.05, 0.1) is 6.42 Å². The number of carbonyl (C=O) groups is 3. The highest BCUT2D eigenvalue weighted by Crippen LogP contribution is 2.17. The summed E-state index contributed by atoms with van der Waals surface area (Å²) in [7, 11) is 0. The largest absolute Gasteiger partial charge is 0.353 e. The monoisotopic (exact) mass is 358 g/mol. The van der Waals surface area contributed by atoms with Crippen LogP contribution >= 0.6 is 0 Å². The van der Waals surface area contributed by atoms with Gasteiger partial charge in [-0.3, -0.25) is 14.4 Å². The smallest absolute Gasteiger partial charge is 0.329 e. The van der Waals surface area contributed by atoms with E-state index < -0.39 is 11.8 Å². The first-order valence-electron chi connectivity index (χ1n) is 8.94. The first-order chi connectivity index (χ1) is 12.4. The zero-order chi connectivity index (χ0) is 18.9. The fourth-order valence-electron chi connectivity index (χ4n) is 2.91. The molecule has 0 spiro atoms. The molecule has 1 aromatic rings. The molecule has 0 saturated heterocycles. The van der Waals surface area contributed by atoms with Gasteiger partial charge in [0.25, 0.3) is 0 Å². The molecular weight excluding hydrogens is 332 g/mol. The predicted molar refractivity (Wildman–Crippen MR) is 101 cm³/mol. The van der Waals surface area contributed by atoms with Gasteiger partial charge in [0.1, 0.15) is 0 Å².